The third-order valence-corrected chi connectivity index (χ3v) is 4.09. The Hall–Kier alpha value is -2.68. The van der Waals surface area contributed by atoms with Crippen molar-refractivity contribution in [3.05, 3.63) is 70.8 Å². The van der Waals surface area contributed by atoms with Crippen molar-refractivity contribution < 1.29 is 14.3 Å². The third kappa shape index (κ3) is 2.67. The van der Waals surface area contributed by atoms with Crippen molar-refractivity contribution in [2.45, 2.75) is 27.7 Å². The topological polar surface area (TPSA) is 43.4 Å². The quantitative estimate of drug-likeness (QED) is 0.757. The van der Waals surface area contributed by atoms with E-state index in [0.29, 0.717) is 22.5 Å². The number of ether oxygens (including phenoxy) is 1. The number of fused-ring (bicyclic) bond motifs is 1. The number of Topliss-reactive ketones (excluding diaryl/α,β-unsaturated/α-hetero) is 1. The molecule has 0 spiro atoms. The van der Waals surface area contributed by atoms with E-state index in [1.807, 2.05) is 49.4 Å². The Morgan fingerprint density at radius 1 is 0.875 bits per heavy atom. The summed E-state index contributed by atoms with van der Waals surface area (Å²) in [4.78, 5) is 25.4. The van der Waals surface area contributed by atoms with Crippen LogP contribution in [0.4, 0.5) is 0 Å². The predicted molar refractivity (Wildman–Crippen MR) is 94.3 cm³/mol. The lowest BCUT2D eigenvalue weighted by Crippen LogP contribution is -2.22. The number of carbonyl (C=O) groups excluding carboxylic acids is 2. The van der Waals surface area contributed by atoms with Crippen molar-refractivity contribution in [1.82, 2.24) is 0 Å². The fourth-order valence-electron chi connectivity index (χ4n) is 2.70. The van der Waals surface area contributed by atoms with Crippen molar-refractivity contribution in [2.24, 2.45) is 5.41 Å². The van der Waals surface area contributed by atoms with Gasteiger partial charge in [0.15, 0.2) is 11.5 Å². The fourth-order valence-corrected chi connectivity index (χ4v) is 2.70. The minimum Gasteiger partial charge on any atom is -0.425 e. The number of rotatable bonds is 2. The largest absolute Gasteiger partial charge is 0.425 e. The zero-order chi connectivity index (χ0) is 17.5. The molecule has 0 aromatic heterocycles. The van der Waals surface area contributed by atoms with Crippen molar-refractivity contribution in [3.63, 3.8) is 0 Å². The molecule has 2 aromatic rings. The molecule has 3 rings (SSSR count). The lowest BCUT2D eigenvalue weighted by Gasteiger charge is -2.18. The second kappa shape index (κ2) is 5.75. The number of carbonyl (C=O) groups is 2. The van der Waals surface area contributed by atoms with Gasteiger partial charge in [-0.3, -0.25) is 9.59 Å². The highest BCUT2D eigenvalue weighted by molar-refractivity contribution is 6.39. The van der Waals surface area contributed by atoms with E-state index < -0.39 is 5.41 Å². The molecule has 3 nitrogen and oxygen atoms in total. The van der Waals surface area contributed by atoms with Gasteiger partial charge in [0.2, 0.25) is 0 Å². The fraction of sp³-hybridized carbons (Fsp3) is 0.238. The predicted octanol–water partition coefficient (Wildman–Crippen LogP) is 4.65. The van der Waals surface area contributed by atoms with Crippen LogP contribution in [0.25, 0.3) is 11.3 Å². The molecule has 0 unspecified atom stereocenters. The highest BCUT2D eigenvalue weighted by atomic mass is 16.5. The first-order valence-electron chi connectivity index (χ1n) is 7.97. The number of allylic oxidation sites excluding steroid dienone is 1. The van der Waals surface area contributed by atoms with Crippen LogP contribution in [0, 0.1) is 12.3 Å². The highest BCUT2D eigenvalue weighted by Gasteiger charge is 2.35. The molecule has 0 radical (unpaired) electrons. The number of aryl methyl sites for hydroxylation is 1. The average Bonchev–Trinajstić information content (AvgIpc) is 2.80. The Labute approximate surface area is 142 Å². The Kier molecular flexibility index (Phi) is 3.88. The standard InChI is InChI=1S/C21H20O3/c1-13-9-5-6-10-14(13)17-18(22)15-11-7-8-12-16(15)19(17)24-20(23)21(2,3)4/h5-12H,1-4H3. The molecule has 0 atom stereocenters. The second-order valence-corrected chi connectivity index (χ2v) is 7.03. The molecule has 0 saturated heterocycles. The van der Waals surface area contributed by atoms with Crippen molar-refractivity contribution in [3.8, 4) is 0 Å². The minimum atomic E-state index is -0.648. The van der Waals surface area contributed by atoms with E-state index in [9.17, 15) is 9.59 Å². The number of hydrogen-bond donors (Lipinski definition) is 0. The van der Waals surface area contributed by atoms with Gasteiger partial charge in [-0.05, 0) is 38.8 Å². The first-order valence-corrected chi connectivity index (χ1v) is 7.97. The molecule has 0 saturated carbocycles. The van der Waals surface area contributed by atoms with Crippen LogP contribution in [0.2, 0.25) is 0 Å². The Morgan fingerprint density at radius 2 is 1.42 bits per heavy atom. The van der Waals surface area contributed by atoms with Crippen LogP contribution < -0.4 is 0 Å². The molecule has 0 fully saturated rings. The first kappa shape index (κ1) is 16.2. The van der Waals surface area contributed by atoms with Gasteiger partial charge in [-0.2, -0.15) is 0 Å². The van der Waals surface area contributed by atoms with E-state index in [-0.39, 0.29) is 11.8 Å². The SMILES string of the molecule is Cc1ccccc1C1=C(OC(=O)C(C)(C)C)c2ccccc2C1=O. The molecule has 1 aliphatic rings. The van der Waals surface area contributed by atoms with Crippen LogP contribution >= 0.6 is 0 Å². The molecule has 24 heavy (non-hydrogen) atoms. The maximum absolute atomic E-state index is 12.9. The van der Waals surface area contributed by atoms with Crippen LogP contribution in [0.15, 0.2) is 48.5 Å². The second-order valence-electron chi connectivity index (χ2n) is 7.03. The van der Waals surface area contributed by atoms with Crippen LogP contribution in [0.3, 0.4) is 0 Å². The van der Waals surface area contributed by atoms with Gasteiger partial charge in [0, 0.05) is 11.1 Å². The van der Waals surface area contributed by atoms with E-state index in [1.54, 1.807) is 26.8 Å². The van der Waals surface area contributed by atoms with E-state index in [0.717, 1.165) is 11.1 Å². The Morgan fingerprint density at radius 3 is 2.00 bits per heavy atom. The Balaban J connectivity index is 2.21. The maximum Gasteiger partial charge on any atom is 0.316 e. The normalized spacial score (nSPS) is 13.9. The van der Waals surface area contributed by atoms with E-state index in [1.165, 1.54) is 0 Å². The lowest BCUT2D eigenvalue weighted by atomic mass is 9.96. The third-order valence-electron chi connectivity index (χ3n) is 4.09. The number of ketones is 1. The van der Waals surface area contributed by atoms with Crippen LogP contribution in [-0.4, -0.2) is 11.8 Å². The summed E-state index contributed by atoms with van der Waals surface area (Å²) in [6, 6.07) is 14.9. The molecule has 122 valence electrons. The zero-order valence-electron chi connectivity index (χ0n) is 14.3. The molecular weight excluding hydrogens is 300 g/mol. The highest BCUT2D eigenvalue weighted by Crippen LogP contribution is 2.40. The summed E-state index contributed by atoms with van der Waals surface area (Å²) in [5.41, 5.74) is 2.84. The average molecular weight is 320 g/mol. The molecule has 0 N–H and O–H groups in total. The molecule has 2 aromatic carbocycles. The summed E-state index contributed by atoms with van der Waals surface area (Å²) in [5, 5.41) is 0. The lowest BCUT2D eigenvalue weighted by molar-refractivity contribution is -0.145. The summed E-state index contributed by atoms with van der Waals surface area (Å²) in [7, 11) is 0. The van der Waals surface area contributed by atoms with Crippen molar-refractivity contribution >= 4 is 23.1 Å². The summed E-state index contributed by atoms with van der Waals surface area (Å²) in [6.45, 7) is 7.34. The smallest absolute Gasteiger partial charge is 0.316 e. The minimum absolute atomic E-state index is 0.100. The molecule has 0 aliphatic heterocycles. The van der Waals surface area contributed by atoms with Gasteiger partial charge in [-0.1, -0.05) is 48.5 Å². The molecule has 3 heteroatoms. The van der Waals surface area contributed by atoms with E-state index >= 15 is 0 Å². The van der Waals surface area contributed by atoms with Gasteiger partial charge in [0.1, 0.15) is 0 Å². The number of esters is 1. The van der Waals surface area contributed by atoms with Crippen LogP contribution in [0.1, 0.15) is 47.8 Å². The molecule has 0 amide bonds. The van der Waals surface area contributed by atoms with Crippen LogP contribution in [-0.2, 0) is 9.53 Å². The number of benzene rings is 2. The van der Waals surface area contributed by atoms with Crippen molar-refractivity contribution in [1.29, 1.82) is 0 Å². The monoisotopic (exact) mass is 320 g/mol. The molecular formula is C21H20O3. The molecule has 0 bridgehead atoms. The Bertz CT molecular complexity index is 867. The summed E-state index contributed by atoms with van der Waals surface area (Å²) in [5.74, 6) is -0.0884. The van der Waals surface area contributed by atoms with Crippen molar-refractivity contribution in [2.75, 3.05) is 0 Å². The van der Waals surface area contributed by atoms with Gasteiger partial charge in [-0.25, -0.2) is 0 Å². The summed E-state index contributed by atoms with van der Waals surface area (Å²) < 4.78 is 5.71. The van der Waals surface area contributed by atoms with Gasteiger partial charge >= 0.3 is 5.97 Å². The van der Waals surface area contributed by atoms with Gasteiger partial charge in [-0.15, -0.1) is 0 Å². The molecule has 0 heterocycles. The summed E-state index contributed by atoms with van der Waals surface area (Å²) in [6.07, 6.45) is 0. The van der Waals surface area contributed by atoms with Crippen LogP contribution in [0.5, 0.6) is 0 Å². The van der Waals surface area contributed by atoms with Gasteiger partial charge in [0.05, 0.1) is 11.0 Å². The zero-order valence-corrected chi connectivity index (χ0v) is 14.3. The summed E-state index contributed by atoms with van der Waals surface area (Å²) >= 11 is 0. The first-order chi connectivity index (χ1) is 11.3. The van der Waals surface area contributed by atoms with E-state index in [2.05, 4.69) is 0 Å². The van der Waals surface area contributed by atoms with Gasteiger partial charge < -0.3 is 4.74 Å². The maximum atomic E-state index is 12.9. The van der Waals surface area contributed by atoms with Gasteiger partial charge in [0.25, 0.3) is 0 Å². The number of hydrogen-bond acceptors (Lipinski definition) is 3. The molecule has 1 aliphatic carbocycles. The van der Waals surface area contributed by atoms with E-state index in [4.69, 9.17) is 4.74 Å².